The van der Waals surface area contributed by atoms with Crippen molar-refractivity contribution in [1.82, 2.24) is 10.6 Å². The molecular weight excluding hydrogens is 647 g/mol. The van der Waals surface area contributed by atoms with Crippen LogP contribution in [0, 0.1) is 0 Å². The van der Waals surface area contributed by atoms with Crippen LogP contribution in [0.4, 0.5) is 0 Å². The van der Waals surface area contributed by atoms with Gasteiger partial charge in [0.2, 0.25) is 0 Å². The second-order valence-corrected chi connectivity index (χ2v) is 14.5. The molecular formula is C45H31N3O2S. The Morgan fingerprint density at radius 3 is 2.41 bits per heavy atom. The number of amidine groups is 1. The Morgan fingerprint density at radius 2 is 1.47 bits per heavy atom. The van der Waals surface area contributed by atoms with E-state index in [9.17, 15) is 0 Å². The van der Waals surface area contributed by atoms with E-state index < -0.39 is 0 Å². The number of hydrogen-bond acceptors (Lipinski definition) is 6. The van der Waals surface area contributed by atoms with Crippen LogP contribution in [0.5, 0.6) is 0 Å². The number of benzene rings is 6. The van der Waals surface area contributed by atoms with Crippen molar-refractivity contribution in [3.05, 3.63) is 161 Å². The SMILES string of the molecule is C1=Cc2c(oc3cccc(C4NC(c5ccc6oc7cccc(-c8cccc9c8sc8ccccc89)c7c6c5)=NC(c5ccccc5)N4)c23)CC1. The molecule has 51 heavy (non-hydrogen) atoms. The number of furan rings is 2. The minimum atomic E-state index is -0.251. The van der Waals surface area contributed by atoms with Crippen molar-refractivity contribution in [1.29, 1.82) is 0 Å². The van der Waals surface area contributed by atoms with Gasteiger partial charge in [0.15, 0.2) is 0 Å². The molecule has 0 bridgehead atoms. The number of aryl methyl sites for hydroxylation is 1. The summed E-state index contributed by atoms with van der Waals surface area (Å²) >= 11 is 1.85. The molecule has 1 aliphatic carbocycles. The molecule has 2 aliphatic rings. The molecule has 3 aromatic heterocycles. The Bertz CT molecular complexity index is 2890. The first kappa shape index (κ1) is 28.8. The van der Waals surface area contributed by atoms with Crippen LogP contribution < -0.4 is 10.6 Å². The van der Waals surface area contributed by atoms with Crippen LogP contribution in [0.25, 0.3) is 70.3 Å². The summed E-state index contributed by atoms with van der Waals surface area (Å²) in [7, 11) is 0. The Balaban J connectivity index is 1.08. The molecule has 5 nitrogen and oxygen atoms in total. The second kappa shape index (κ2) is 11.3. The van der Waals surface area contributed by atoms with E-state index in [1.165, 1.54) is 36.9 Å². The van der Waals surface area contributed by atoms with E-state index in [1.54, 1.807) is 0 Å². The first-order chi connectivity index (χ1) is 25.3. The van der Waals surface area contributed by atoms with Gasteiger partial charge in [0.25, 0.3) is 0 Å². The number of thiophene rings is 1. The maximum absolute atomic E-state index is 6.51. The molecule has 6 heteroatoms. The summed E-state index contributed by atoms with van der Waals surface area (Å²) in [6, 6.07) is 45.0. The molecule has 1 aliphatic heterocycles. The lowest BCUT2D eigenvalue weighted by atomic mass is 9.96. The average Bonchev–Trinajstić information content (AvgIpc) is 3.89. The van der Waals surface area contributed by atoms with Crippen molar-refractivity contribution >= 4 is 76.3 Å². The third kappa shape index (κ3) is 4.54. The van der Waals surface area contributed by atoms with Crippen LogP contribution in [-0.2, 0) is 6.42 Å². The third-order valence-electron chi connectivity index (χ3n) is 10.4. The molecule has 244 valence electrons. The molecule has 2 unspecified atom stereocenters. The molecule has 0 fully saturated rings. The lowest BCUT2D eigenvalue weighted by molar-refractivity contribution is 0.411. The monoisotopic (exact) mass is 677 g/mol. The average molecular weight is 678 g/mol. The Labute approximate surface area is 297 Å². The first-order valence-corrected chi connectivity index (χ1v) is 18.3. The van der Waals surface area contributed by atoms with Gasteiger partial charge in [0.1, 0.15) is 40.7 Å². The molecule has 4 heterocycles. The smallest absolute Gasteiger partial charge is 0.136 e. The minimum absolute atomic E-state index is 0.207. The molecule has 2 N–H and O–H groups in total. The number of aliphatic imine (C=N–C) groups is 1. The molecule has 0 spiro atoms. The van der Waals surface area contributed by atoms with E-state index in [0.29, 0.717) is 0 Å². The number of allylic oxidation sites excluding steroid dienone is 1. The first-order valence-electron chi connectivity index (χ1n) is 17.5. The summed E-state index contributed by atoms with van der Waals surface area (Å²) in [4.78, 5) is 5.30. The van der Waals surface area contributed by atoms with Crippen molar-refractivity contribution in [2.75, 3.05) is 0 Å². The molecule has 11 rings (SSSR count). The van der Waals surface area contributed by atoms with Gasteiger partial charge in [0, 0.05) is 65.0 Å². The quantitative estimate of drug-likeness (QED) is 0.195. The summed E-state index contributed by atoms with van der Waals surface area (Å²) in [6.45, 7) is 0. The standard InChI is InChI=1S/C45H31N3O2S/c1-2-11-26(12-3-1)43-46-44(48-45(47-43)33-18-10-21-38-41(33)32-14-4-6-19-35(32)49-38)27-23-24-36-34(25-27)40-29(15-9-20-37(40)50-36)31-17-8-16-30-28-13-5-7-22-39(28)51-42(30)31/h1-5,7-18,20-25,43,45,47H,6,19H2,(H,46,48). The van der Waals surface area contributed by atoms with Crippen molar-refractivity contribution in [2.24, 2.45) is 4.99 Å². The summed E-state index contributed by atoms with van der Waals surface area (Å²) in [5.41, 5.74) is 9.49. The van der Waals surface area contributed by atoms with Gasteiger partial charge in [0.05, 0.1) is 0 Å². The fourth-order valence-electron chi connectivity index (χ4n) is 8.10. The van der Waals surface area contributed by atoms with Gasteiger partial charge in [-0.2, -0.15) is 0 Å². The lowest BCUT2D eigenvalue weighted by Gasteiger charge is -2.32. The van der Waals surface area contributed by atoms with Gasteiger partial charge in [-0.15, -0.1) is 11.3 Å². The van der Waals surface area contributed by atoms with E-state index in [1.807, 2.05) is 17.4 Å². The highest BCUT2D eigenvalue weighted by atomic mass is 32.1. The molecule has 0 radical (unpaired) electrons. The summed E-state index contributed by atoms with van der Waals surface area (Å²) in [5.74, 6) is 1.89. The molecule has 0 saturated heterocycles. The van der Waals surface area contributed by atoms with Crippen LogP contribution in [0.1, 0.15) is 46.8 Å². The largest absolute Gasteiger partial charge is 0.460 e. The number of nitrogens with one attached hydrogen (secondary N) is 2. The topological polar surface area (TPSA) is 62.7 Å². The van der Waals surface area contributed by atoms with Crippen molar-refractivity contribution in [3.8, 4) is 11.1 Å². The predicted molar refractivity (Wildman–Crippen MR) is 210 cm³/mol. The predicted octanol–water partition coefficient (Wildman–Crippen LogP) is 11.7. The Hall–Kier alpha value is -5.95. The van der Waals surface area contributed by atoms with Crippen molar-refractivity contribution in [2.45, 2.75) is 25.2 Å². The highest BCUT2D eigenvalue weighted by Crippen LogP contribution is 2.44. The van der Waals surface area contributed by atoms with E-state index in [-0.39, 0.29) is 12.3 Å². The van der Waals surface area contributed by atoms with Gasteiger partial charge < -0.3 is 14.2 Å². The van der Waals surface area contributed by atoms with E-state index >= 15 is 0 Å². The zero-order valence-corrected chi connectivity index (χ0v) is 28.3. The number of hydrogen-bond donors (Lipinski definition) is 2. The number of rotatable bonds is 4. The van der Waals surface area contributed by atoms with Gasteiger partial charge in [-0.3, -0.25) is 5.32 Å². The summed E-state index contributed by atoms with van der Waals surface area (Å²) < 4.78 is 15.5. The molecule has 6 aromatic carbocycles. The van der Waals surface area contributed by atoms with Crippen LogP contribution in [0.15, 0.2) is 147 Å². The summed E-state index contributed by atoms with van der Waals surface area (Å²) in [6.07, 6.45) is 5.93. The van der Waals surface area contributed by atoms with Crippen LogP contribution in [0.2, 0.25) is 0 Å². The molecule has 0 amide bonds. The number of fused-ring (bicyclic) bond motifs is 9. The van der Waals surface area contributed by atoms with Crippen LogP contribution in [-0.4, -0.2) is 5.84 Å². The molecule has 0 saturated carbocycles. The normalized spacial score (nSPS) is 17.4. The minimum Gasteiger partial charge on any atom is -0.460 e. The highest BCUT2D eigenvalue weighted by molar-refractivity contribution is 7.26. The van der Waals surface area contributed by atoms with Crippen molar-refractivity contribution in [3.63, 3.8) is 0 Å². The van der Waals surface area contributed by atoms with Gasteiger partial charge in [-0.25, -0.2) is 4.99 Å². The molecule has 2 atom stereocenters. The Kier molecular flexibility index (Phi) is 6.38. The maximum Gasteiger partial charge on any atom is 0.136 e. The molecule has 9 aromatic rings. The maximum atomic E-state index is 6.51. The van der Waals surface area contributed by atoms with E-state index in [4.69, 9.17) is 13.8 Å². The number of nitrogens with zero attached hydrogens (tertiary/aromatic N) is 1. The fourth-order valence-corrected chi connectivity index (χ4v) is 9.33. The second-order valence-electron chi connectivity index (χ2n) is 13.4. The van der Waals surface area contributed by atoms with Gasteiger partial charge in [-0.05, 0) is 53.9 Å². The zero-order valence-electron chi connectivity index (χ0n) is 27.5. The van der Waals surface area contributed by atoms with E-state index in [2.05, 4.69) is 144 Å². The van der Waals surface area contributed by atoms with Gasteiger partial charge >= 0.3 is 0 Å². The van der Waals surface area contributed by atoms with Crippen LogP contribution in [0.3, 0.4) is 0 Å². The van der Waals surface area contributed by atoms with Gasteiger partial charge in [-0.1, -0.05) is 103 Å². The van der Waals surface area contributed by atoms with Crippen molar-refractivity contribution < 1.29 is 8.83 Å². The zero-order chi connectivity index (χ0) is 33.5. The lowest BCUT2D eigenvalue weighted by Crippen LogP contribution is -2.45. The fraction of sp³-hybridized carbons (Fsp3) is 0.0889. The third-order valence-corrected chi connectivity index (χ3v) is 11.7. The van der Waals surface area contributed by atoms with E-state index in [0.717, 1.165) is 74.0 Å². The highest BCUT2D eigenvalue weighted by Gasteiger charge is 2.29. The Morgan fingerprint density at radius 1 is 0.667 bits per heavy atom. The summed E-state index contributed by atoms with van der Waals surface area (Å²) in [5, 5.41) is 13.5. The van der Waals surface area contributed by atoms with Crippen LogP contribution >= 0.6 is 11.3 Å².